The van der Waals surface area contributed by atoms with E-state index in [1.54, 1.807) is 12.1 Å². The van der Waals surface area contributed by atoms with Gasteiger partial charge in [0.2, 0.25) is 0 Å². The van der Waals surface area contributed by atoms with Crippen molar-refractivity contribution in [1.29, 1.82) is 0 Å². The predicted octanol–water partition coefficient (Wildman–Crippen LogP) is 4.17. The molecule has 0 aliphatic heterocycles. The number of hydrogen-bond acceptors (Lipinski definition) is 3. The normalized spacial score (nSPS) is 10.8. The van der Waals surface area contributed by atoms with Crippen molar-refractivity contribution in [2.45, 2.75) is 13.8 Å². The summed E-state index contributed by atoms with van der Waals surface area (Å²) >= 11 is 0. The summed E-state index contributed by atoms with van der Waals surface area (Å²) < 4.78 is 0. The molecule has 1 aromatic heterocycles. The fraction of sp³-hybridized carbons (Fsp3) is 0.118. The Labute approximate surface area is 126 Å². The Hall–Kier alpha value is -2.95. The number of hydrogen-bond donors (Lipinski definition) is 1. The molecule has 2 aromatic carbocycles. The van der Waals surface area contributed by atoms with E-state index in [2.05, 4.69) is 4.98 Å². The lowest BCUT2D eigenvalue weighted by Gasteiger charge is -2.00. The highest BCUT2D eigenvalue weighted by molar-refractivity contribution is 6.06. The zero-order chi connectivity index (χ0) is 15.9. The van der Waals surface area contributed by atoms with Gasteiger partial charge in [0.15, 0.2) is 6.29 Å². The Morgan fingerprint density at radius 1 is 1.14 bits per heavy atom. The molecule has 0 saturated heterocycles. The van der Waals surface area contributed by atoms with Gasteiger partial charge in [-0.2, -0.15) is 0 Å². The van der Waals surface area contributed by atoms with Gasteiger partial charge >= 0.3 is 0 Å². The van der Waals surface area contributed by atoms with Crippen LogP contribution in [0, 0.1) is 24.0 Å². The molecule has 3 rings (SSSR count). The molecule has 110 valence electrons. The number of nitro benzene ring substituents is 1. The van der Waals surface area contributed by atoms with E-state index in [0.717, 1.165) is 28.3 Å². The van der Waals surface area contributed by atoms with Gasteiger partial charge in [-0.15, -0.1) is 0 Å². The number of benzene rings is 2. The van der Waals surface area contributed by atoms with Crippen LogP contribution < -0.4 is 0 Å². The molecule has 0 radical (unpaired) electrons. The molecule has 5 heteroatoms. The van der Waals surface area contributed by atoms with Crippen LogP contribution in [0.4, 0.5) is 5.69 Å². The lowest BCUT2D eigenvalue weighted by molar-refractivity contribution is -0.384. The first-order valence-corrected chi connectivity index (χ1v) is 6.85. The van der Waals surface area contributed by atoms with Gasteiger partial charge in [0.05, 0.1) is 10.6 Å². The number of aromatic amines is 1. The number of aldehydes is 1. The minimum absolute atomic E-state index is 0.00134. The van der Waals surface area contributed by atoms with Gasteiger partial charge in [0.1, 0.15) is 0 Å². The van der Waals surface area contributed by atoms with Crippen LogP contribution in [0.3, 0.4) is 0 Å². The largest absolute Gasteiger partial charge is 0.354 e. The van der Waals surface area contributed by atoms with Gasteiger partial charge in [0.25, 0.3) is 5.69 Å². The topological polar surface area (TPSA) is 76.0 Å². The van der Waals surface area contributed by atoms with Crippen molar-refractivity contribution in [3.63, 3.8) is 0 Å². The molecule has 1 heterocycles. The van der Waals surface area contributed by atoms with Crippen LogP contribution >= 0.6 is 0 Å². The number of H-pyrrole nitrogens is 1. The SMILES string of the molecule is Cc1ccc(C)c2c(C=O)c(-c3cccc([N+](=O)[O-])c3)[nH]c12. The van der Waals surface area contributed by atoms with E-state index in [9.17, 15) is 14.9 Å². The number of carbonyl (C=O) groups is 1. The van der Waals surface area contributed by atoms with Gasteiger partial charge in [-0.3, -0.25) is 14.9 Å². The molecule has 1 N–H and O–H groups in total. The summed E-state index contributed by atoms with van der Waals surface area (Å²) in [5.41, 5.74) is 4.70. The van der Waals surface area contributed by atoms with Gasteiger partial charge < -0.3 is 4.98 Å². The quantitative estimate of drug-likeness (QED) is 0.447. The number of rotatable bonds is 3. The third-order valence-electron chi connectivity index (χ3n) is 3.87. The van der Waals surface area contributed by atoms with Crippen molar-refractivity contribution in [1.82, 2.24) is 4.98 Å². The third kappa shape index (κ3) is 2.07. The fourth-order valence-electron chi connectivity index (χ4n) is 2.76. The number of fused-ring (bicyclic) bond motifs is 1. The van der Waals surface area contributed by atoms with E-state index in [4.69, 9.17) is 0 Å². The molecular weight excluding hydrogens is 280 g/mol. The Balaban J connectivity index is 2.34. The molecule has 0 unspecified atom stereocenters. The minimum atomic E-state index is -0.441. The van der Waals surface area contributed by atoms with Crippen molar-refractivity contribution < 1.29 is 9.72 Å². The highest BCUT2D eigenvalue weighted by Gasteiger charge is 2.17. The van der Waals surface area contributed by atoms with Crippen LogP contribution in [-0.4, -0.2) is 16.2 Å². The third-order valence-corrected chi connectivity index (χ3v) is 3.87. The number of non-ortho nitro benzene ring substituents is 1. The second kappa shape index (κ2) is 5.11. The molecule has 0 spiro atoms. The second-order valence-electron chi connectivity index (χ2n) is 5.29. The van der Waals surface area contributed by atoms with Crippen LogP contribution in [0.1, 0.15) is 21.5 Å². The molecule has 0 aliphatic carbocycles. The highest BCUT2D eigenvalue weighted by Crippen LogP contribution is 2.33. The maximum Gasteiger partial charge on any atom is 0.270 e. The number of nitrogens with zero attached hydrogens (tertiary/aromatic N) is 1. The number of nitro groups is 1. The average molecular weight is 294 g/mol. The summed E-state index contributed by atoms with van der Waals surface area (Å²) in [5.74, 6) is 0. The zero-order valence-corrected chi connectivity index (χ0v) is 12.2. The van der Waals surface area contributed by atoms with Crippen LogP contribution in [0.15, 0.2) is 36.4 Å². The lowest BCUT2D eigenvalue weighted by Crippen LogP contribution is -1.90. The number of aromatic nitrogens is 1. The van der Waals surface area contributed by atoms with Crippen LogP contribution in [0.2, 0.25) is 0 Å². The van der Waals surface area contributed by atoms with Crippen molar-refractivity contribution in [3.05, 3.63) is 63.2 Å². The first-order valence-electron chi connectivity index (χ1n) is 6.85. The van der Waals surface area contributed by atoms with E-state index < -0.39 is 4.92 Å². The molecule has 0 amide bonds. The van der Waals surface area contributed by atoms with Gasteiger partial charge in [-0.25, -0.2) is 0 Å². The number of nitrogens with one attached hydrogen (secondary N) is 1. The van der Waals surface area contributed by atoms with Crippen molar-refractivity contribution >= 4 is 22.9 Å². The molecule has 0 atom stereocenters. The summed E-state index contributed by atoms with van der Waals surface area (Å²) in [6, 6.07) is 10.2. The molecule has 0 fully saturated rings. The molecule has 22 heavy (non-hydrogen) atoms. The maximum absolute atomic E-state index is 11.6. The molecule has 3 aromatic rings. The van der Waals surface area contributed by atoms with Crippen LogP contribution in [0.25, 0.3) is 22.2 Å². The Morgan fingerprint density at radius 3 is 2.55 bits per heavy atom. The number of carbonyl (C=O) groups excluding carboxylic acids is 1. The van der Waals surface area contributed by atoms with E-state index in [-0.39, 0.29) is 5.69 Å². The van der Waals surface area contributed by atoms with E-state index >= 15 is 0 Å². The molecule has 0 saturated carbocycles. The molecule has 5 nitrogen and oxygen atoms in total. The van der Waals surface area contributed by atoms with Gasteiger partial charge in [-0.1, -0.05) is 24.3 Å². The van der Waals surface area contributed by atoms with Gasteiger partial charge in [0, 0.05) is 34.2 Å². The monoisotopic (exact) mass is 294 g/mol. The second-order valence-corrected chi connectivity index (χ2v) is 5.29. The van der Waals surface area contributed by atoms with E-state index in [1.165, 1.54) is 12.1 Å². The first-order chi connectivity index (χ1) is 10.5. The summed E-state index contributed by atoms with van der Waals surface area (Å²) in [4.78, 5) is 25.4. The smallest absolute Gasteiger partial charge is 0.270 e. The van der Waals surface area contributed by atoms with E-state index in [0.29, 0.717) is 16.8 Å². The summed E-state index contributed by atoms with van der Waals surface area (Å²) in [7, 11) is 0. The standard InChI is InChI=1S/C17H14N2O3/c1-10-6-7-11(2)16-15(10)14(9-20)17(18-16)12-4-3-5-13(8-12)19(21)22/h3-9,18H,1-2H3. The predicted molar refractivity (Wildman–Crippen MR) is 85.3 cm³/mol. The minimum Gasteiger partial charge on any atom is -0.354 e. The highest BCUT2D eigenvalue weighted by atomic mass is 16.6. The molecule has 0 bridgehead atoms. The molecule has 0 aliphatic rings. The summed E-state index contributed by atoms with van der Waals surface area (Å²) in [5, 5.41) is 11.8. The zero-order valence-electron chi connectivity index (χ0n) is 12.2. The van der Waals surface area contributed by atoms with Crippen LogP contribution in [0.5, 0.6) is 0 Å². The Kier molecular flexibility index (Phi) is 3.25. The lowest BCUT2D eigenvalue weighted by atomic mass is 10.0. The Bertz CT molecular complexity index is 910. The van der Waals surface area contributed by atoms with Crippen molar-refractivity contribution in [2.75, 3.05) is 0 Å². The average Bonchev–Trinajstić information content (AvgIpc) is 2.92. The maximum atomic E-state index is 11.6. The van der Waals surface area contributed by atoms with Crippen molar-refractivity contribution in [2.24, 2.45) is 0 Å². The fourth-order valence-corrected chi connectivity index (χ4v) is 2.76. The first kappa shape index (κ1) is 14.0. The van der Waals surface area contributed by atoms with E-state index in [1.807, 2.05) is 26.0 Å². The summed E-state index contributed by atoms with van der Waals surface area (Å²) in [6.07, 6.45) is 0.805. The molecular formula is C17H14N2O3. The van der Waals surface area contributed by atoms with Crippen LogP contribution in [-0.2, 0) is 0 Å². The Morgan fingerprint density at radius 2 is 1.86 bits per heavy atom. The number of aryl methyl sites for hydroxylation is 2. The van der Waals surface area contributed by atoms with Crippen molar-refractivity contribution in [3.8, 4) is 11.3 Å². The summed E-state index contributed by atoms with van der Waals surface area (Å²) in [6.45, 7) is 3.91. The van der Waals surface area contributed by atoms with Gasteiger partial charge in [-0.05, 0) is 25.0 Å².